The van der Waals surface area contributed by atoms with Crippen LogP contribution in [0, 0.1) is 0 Å². The van der Waals surface area contributed by atoms with Crippen LogP contribution in [0.2, 0.25) is 0 Å². The molecule has 4 nitrogen and oxygen atoms in total. The first kappa shape index (κ1) is 39.0. The average molecular weight is 787 g/mol. The Morgan fingerprint density at radius 2 is 0.700 bits per heavy atom. The van der Waals surface area contributed by atoms with Crippen LogP contribution in [0.25, 0.3) is 65.3 Å². The van der Waals surface area contributed by atoms with E-state index in [1.54, 1.807) is 0 Å². The Kier molecular flexibility index (Phi) is 10.4. The zero-order valence-corrected chi connectivity index (χ0v) is 34.7. The molecule has 0 unspecified atom stereocenters. The number of benzene rings is 9. The van der Waals surface area contributed by atoms with E-state index in [0.717, 1.165) is 66.4 Å². The van der Waals surface area contributed by atoms with E-state index >= 15 is 0 Å². The van der Waals surface area contributed by atoms with Crippen molar-refractivity contribution in [2.45, 2.75) is 38.5 Å². The van der Waals surface area contributed by atoms with Crippen LogP contribution < -0.4 is 9.47 Å². The highest BCUT2D eigenvalue weighted by molar-refractivity contribution is 6.14. The van der Waals surface area contributed by atoms with Gasteiger partial charge in [-0.05, 0) is 102 Å². The lowest BCUT2D eigenvalue weighted by molar-refractivity contribution is 0.202. The molecule has 0 heterocycles. The lowest BCUT2D eigenvalue weighted by Gasteiger charge is -2.32. The van der Waals surface area contributed by atoms with Gasteiger partial charge in [0.1, 0.15) is 24.7 Å². The van der Waals surface area contributed by atoms with Crippen molar-refractivity contribution in [3.05, 3.63) is 192 Å². The summed E-state index contributed by atoms with van der Waals surface area (Å²) >= 11 is 0. The zero-order valence-electron chi connectivity index (χ0n) is 34.7. The zero-order chi connectivity index (χ0) is 41.4. The fraction of sp³-hybridized carbons (Fsp3) is 0.179. The summed E-state index contributed by atoms with van der Waals surface area (Å²) in [5.41, 5.74) is 8.25. The maximum absolute atomic E-state index is 9.80. The summed E-state index contributed by atoms with van der Waals surface area (Å²) in [5, 5.41) is 28.9. The summed E-state index contributed by atoms with van der Waals surface area (Å²) < 4.78 is 12.5. The van der Waals surface area contributed by atoms with Gasteiger partial charge in [0.2, 0.25) is 0 Å². The topological polar surface area (TPSA) is 58.9 Å². The summed E-state index contributed by atoms with van der Waals surface area (Å²) in [5.74, 6) is 1.50. The molecule has 0 saturated carbocycles. The molecule has 0 aliphatic heterocycles. The number of rotatable bonds is 12. The first-order chi connectivity index (χ1) is 29.2. The highest BCUT2D eigenvalue weighted by Gasteiger charge is 2.30. The molecule has 9 aromatic carbocycles. The largest absolute Gasteiger partial charge is 0.491 e. The summed E-state index contributed by atoms with van der Waals surface area (Å²) in [4.78, 5) is 0. The van der Waals surface area contributed by atoms with Gasteiger partial charge in [0, 0.05) is 33.1 Å². The Morgan fingerprint density at radius 1 is 0.367 bits per heavy atom. The van der Waals surface area contributed by atoms with Crippen LogP contribution in [0.5, 0.6) is 11.5 Å². The SMILES string of the molecule is CC(C)(c1cccc(C(C)(C)c2ccc(OCCO)c(-c3c4ccccc4cc4ccccc34)c2)c1)c1ccc(OCCO)c(-c2c3ccccc3cc3ccccc23)c1. The molecular formula is C56H50O4. The van der Waals surface area contributed by atoms with E-state index in [0.29, 0.717) is 0 Å². The minimum atomic E-state index is -0.383. The Bertz CT molecular complexity index is 2720. The molecule has 0 spiro atoms. The van der Waals surface area contributed by atoms with Crippen molar-refractivity contribution in [3.63, 3.8) is 0 Å². The van der Waals surface area contributed by atoms with Crippen LogP contribution in [-0.4, -0.2) is 36.6 Å². The second kappa shape index (κ2) is 16.0. The molecule has 9 aromatic rings. The first-order valence-corrected chi connectivity index (χ1v) is 20.9. The number of fused-ring (bicyclic) bond motifs is 4. The molecule has 0 fully saturated rings. The Morgan fingerprint density at radius 3 is 1.05 bits per heavy atom. The molecule has 0 bridgehead atoms. The Labute approximate surface area is 352 Å². The van der Waals surface area contributed by atoms with Gasteiger partial charge in [0.05, 0.1) is 13.2 Å². The molecule has 298 valence electrons. The third kappa shape index (κ3) is 6.96. The van der Waals surface area contributed by atoms with Crippen molar-refractivity contribution < 1.29 is 19.7 Å². The predicted octanol–water partition coefficient (Wildman–Crippen LogP) is 13.0. The molecule has 2 N–H and O–H groups in total. The van der Waals surface area contributed by atoms with Crippen molar-refractivity contribution in [3.8, 4) is 33.8 Å². The number of aliphatic hydroxyl groups excluding tert-OH is 2. The summed E-state index contributed by atoms with van der Waals surface area (Å²) in [6, 6.07) is 60.8. The third-order valence-corrected chi connectivity index (χ3v) is 12.5. The van der Waals surface area contributed by atoms with E-state index in [1.165, 1.54) is 32.7 Å². The quantitative estimate of drug-likeness (QED) is 0.121. The molecule has 0 aromatic heterocycles. The van der Waals surface area contributed by atoms with E-state index in [2.05, 4.69) is 198 Å². The van der Waals surface area contributed by atoms with Crippen molar-refractivity contribution >= 4 is 43.1 Å². The van der Waals surface area contributed by atoms with Gasteiger partial charge < -0.3 is 19.7 Å². The van der Waals surface area contributed by atoms with Crippen molar-refractivity contribution in [1.82, 2.24) is 0 Å². The third-order valence-electron chi connectivity index (χ3n) is 12.5. The van der Waals surface area contributed by atoms with Crippen LogP contribution in [0.1, 0.15) is 49.9 Å². The smallest absolute Gasteiger partial charge is 0.127 e. The van der Waals surface area contributed by atoms with E-state index in [4.69, 9.17) is 9.47 Å². The minimum Gasteiger partial charge on any atom is -0.491 e. The molecular weight excluding hydrogens is 737 g/mol. The van der Waals surface area contributed by atoms with Gasteiger partial charge in [-0.2, -0.15) is 0 Å². The van der Waals surface area contributed by atoms with Gasteiger partial charge in [0.25, 0.3) is 0 Å². The van der Waals surface area contributed by atoms with E-state index < -0.39 is 0 Å². The summed E-state index contributed by atoms with van der Waals surface area (Å²) in [7, 11) is 0. The van der Waals surface area contributed by atoms with E-state index in [9.17, 15) is 10.2 Å². The first-order valence-electron chi connectivity index (χ1n) is 20.9. The fourth-order valence-corrected chi connectivity index (χ4v) is 9.03. The summed E-state index contributed by atoms with van der Waals surface area (Å²) in [6.07, 6.45) is 0. The normalized spacial score (nSPS) is 12.1. The minimum absolute atomic E-state index is 0.0655. The molecule has 4 heteroatoms. The molecule has 0 radical (unpaired) electrons. The number of hydrogen-bond donors (Lipinski definition) is 2. The van der Waals surface area contributed by atoms with Gasteiger partial charge in [-0.1, -0.05) is 161 Å². The van der Waals surface area contributed by atoms with Gasteiger partial charge in [0.15, 0.2) is 0 Å². The van der Waals surface area contributed by atoms with E-state index in [-0.39, 0.29) is 37.3 Å². The number of hydrogen-bond acceptors (Lipinski definition) is 4. The van der Waals surface area contributed by atoms with Crippen molar-refractivity contribution in [1.29, 1.82) is 0 Å². The second-order valence-corrected chi connectivity index (χ2v) is 16.8. The molecule has 60 heavy (non-hydrogen) atoms. The summed E-state index contributed by atoms with van der Waals surface area (Å²) in [6.45, 7) is 9.48. The second-order valence-electron chi connectivity index (χ2n) is 16.8. The fourth-order valence-electron chi connectivity index (χ4n) is 9.03. The molecule has 0 aliphatic carbocycles. The number of ether oxygens (including phenoxy) is 2. The van der Waals surface area contributed by atoms with Gasteiger partial charge in [-0.25, -0.2) is 0 Å². The van der Waals surface area contributed by atoms with Crippen LogP contribution in [0.3, 0.4) is 0 Å². The highest BCUT2D eigenvalue weighted by atomic mass is 16.5. The molecule has 0 aliphatic rings. The standard InChI is InChI=1S/C56H50O4/c1-55(2,43-24-26-51(59-30-28-57)49(35-43)53-45-20-9-5-14-37(45)32-38-15-6-10-21-46(38)53)41-18-13-19-42(34-41)56(3,4)44-25-27-52(60-31-29-58)50(36-44)54-47-22-11-7-16-39(47)33-40-17-8-12-23-48(40)54/h5-27,32-36,57-58H,28-31H2,1-4H3. The van der Waals surface area contributed by atoms with Crippen LogP contribution in [-0.2, 0) is 10.8 Å². The molecule has 0 saturated heterocycles. The predicted molar refractivity (Wildman–Crippen MR) is 250 cm³/mol. The molecule has 0 amide bonds. The van der Waals surface area contributed by atoms with Crippen LogP contribution in [0.4, 0.5) is 0 Å². The van der Waals surface area contributed by atoms with Gasteiger partial charge >= 0.3 is 0 Å². The van der Waals surface area contributed by atoms with Gasteiger partial charge in [-0.3, -0.25) is 0 Å². The van der Waals surface area contributed by atoms with Crippen LogP contribution >= 0.6 is 0 Å². The average Bonchev–Trinajstić information content (AvgIpc) is 3.28. The van der Waals surface area contributed by atoms with E-state index in [1.807, 2.05) is 0 Å². The molecule has 9 rings (SSSR count). The molecule has 0 atom stereocenters. The number of aliphatic hydroxyl groups is 2. The maximum Gasteiger partial charge on any atom is 0.127 e. The lowest BCUT2D eigenvalue weighted by Crippen LogP contribution is -2.23. The maximum atomic E-state index is 9.80. The lowest BCUT2D eigenvalue weighted by atomic mass is 9.72. The van der Waals surface area contributed by atoms with Crippen molar-refractivity contribution in [2.75, 3.05) is 26.4 Å². The monoisotopic (exact) mass is 786 g/mol. The van der Waals surface area contributed by atoms with Gasteiger partial charge in [-0.15, -0.1) is 0 Å². The van der Waals surface area contributed by atoms with Crippen molar-refractivity contribution in [2.24, 2.45) is 0 Å². The van der Waals surface area contributed by atoms with Crippen LogP contribution in [0.15, 0.2) is 170 Å². The Hall–Kier alpha value is -6.46. The Balaban J connectivity index is 1.16. The highest BCUT2D eigenvalue weighted by Crippen LogP contribution is 2.46.